The maximum Gasteiger partial charge on any atom is 0.148 e. The topological polar surface area (TPSA) is 23.6 Å². The number of Topliss-reactive ketones (excluding diaryl/α,β-unsaturated/α-hetero) is 1. The number of nitrogens with zero attached hydrogens (tertiary/aromatic N) is 2. The lowest BCUT2D eigenvalue weighted by Gasteiger charge is -2.36. The second-order valence-electron chi connectivity index (χ2n) is 5.09. The predicted octanol–water partition coefficient (Wildman–Crippen LogP) is 1.15. The lowest BCUT2D eigenvalue weighted by molar-refractivity contribution is -0.116. The molecule has 2 aliphatic heterocycles. The van der Waals surface area contributed by atoms with Crippen molar-refractivity contribution in [2.24, 2.45) is 0 Å². The molecule has 0 N–H and O–H groups in total. The van der Waals surface area contributed by atoms with E-state index in [4.69, 9.17) is 0 Å². The molecule has 0 amide bonds. The van der Waals surface area contributed by atoms with Gasteiger partial charge in [0.05, 0.1) is 6.54 Å². The minimum atomic E-state index is 0.413. The van der Waals surface area contributed by atoms with E-state index >= 15 is 0 Å². The molecular formula is C14H18N2O. The van der Waals surface area contributed by atoms with Gasteiger partial charge in [-0.3, -0.25) is 14.6 Å². The van der Waals surface area contributed by atoms with Crippen LogP contribution in [0.3, 0.4) is 0 Å². The first kappa shape index (κ1) is 10.9. The van der Waals surface area contributed by atoms with Crippen LogP contribution >= 0.6 is 0 Å². The van der Waals surface area contributed by atoms with Gasteiger partial charge >= 0.3 is 0 Å². The second-order valence-corrected chi connectivity index (χ2v) is 5.09. The largest absolute Gasteiger partial charge is 0.298 e. The zero-order chi connectivity index (χ0) is 11.7. The number of fused-ring (bicyclic) bond motifs is 1. The molecule has 0 aliphatic carbocycles. The molecule has 2 fully saturated rings. The van der Waals surface area contributed by atoms with Gasteiger partial charge in [-0.1, -0.05) is 30.3 Å². The molecule has 3 heteroatoms. The van der Waals surface area contributed by atoms with Crippen LogP contribution in [0.1, 0.15) is 12.0 Å². The third-order valence-electron chi connectivity index (χ3n) is 3.78. The van der Waals surface area contributed by atoms with E-state index in [1.165, 1.54) is 5.56 Å². The Morgan fingerprint density at radius 2 is 2.00 bits per heavy atom. The Hall–Kier alpha value is -1.19. The van der Waals surface area contributed by atoms with Crippen LogP contribution in [0.4, 0.5) is 0 Å². The maximum atomic E-state index is 11.4. The van der Waals surface area contributed by atoms with Gasteiger partial charge in [-0.25, -0.2) is 0 Å². The monoisotopic (exact) mass is 230 g/mol. The number of rotatable bonds is 2. The number of ketones is 1. The van der Waals surface area contributed by atoms with E-state index < -0.39 is 0 Å². The zero-order valence-electron chi connectivity index (χ0n) is 10.0. The second kappa shape index (κ2) is 4.59. The third kappa shape index (κ3) is 2.40. The van der Waals surface area contributed by atoms with Gasteiger partial charge in [-0.15, -0.1) is 0 Å². The highest BCUT2D eigenvalue weighted by molar-refractivity contribution is 5.83. The van der Waals surface area contributed by atoms with Gasteiger partial charge in [0.15, 0.2) is 0 Å². The molecule has 90 valence electrons. The van der Waals surface area contributed by atoms with Crippen molar-refractivity contribution in [2.45, 2.75) is 19.0 Å². The summed E-state index contributed by atoms with van der Waals surface area (Å²) in [6.07, 6.45) is 0.755. The summed E-state index contributed by atoms with van der Waals surface area (Å²) < 4.78 is 0. The number of hydrogen-bond acceptors (Lipinski definition) is 3. The molecule has 1 aromatic rings. The Labute approximate surface area is 102 Å². The summed E-state index contributed by atoms with van der Waals surface area (Å²) in [4.78, 5) is 16.2. The lowest BCUT2D eigenvalue weighted by atomic mass is 10.1. The molecule has 0 radical (unpaired) electrons. The van der Waals surface area contributed by atoms with Crippen LogP contribution in [0.5, 0.6) is 0 Å². The Kier molecular flexibility index (Phi) is 2.95. The average molecular weight is 230 g/mol. The molecule has 0 aromatic heterocycles. The van der Waals surface area contributed by atoms with Crippen LogP contribution in [-0.2, 0) is 11.3 Å². The van der Waals surface area contributed by atoms with Crippen LogP contribution in [0.2, 0.25) is 0 Å². The summed E-state index contributed by atoms with van der Waals surface area (Å²) >= 11 is 0. The van der Waals surface area contributed by atoms with E-state index in [-0.39, 0.29) is 0 Å². The predicted molar refractivity (Wildman–Crippen MR) is 66.7 cm³/mol. The smallest absolute Gasteiger partial charge is 0.148 e. The lowest BCUT2D eigenvalue weighted by Crippen LogP contribution is -2.49. The van der Waals surface area contributed by atoms with Crippen molar-refractivity contribution >= 4 is 5.78 Å². The molecule has 0 spiro atoms. The Morgan fingerprint density at radius 1 is 1.18 bits per heavy atom. The summed E-state index contributed by atoms with van der Waals surface area (Å²) in [6.45, 7) is 4.87. The number of hydrogen-bond donors (Lipinski definition) is 0. The van der Waals surface area contributed by atoms with E-state index in [2.05, 4.69) is 40.1 Å². The van der Waals surface area contributed by atoms with E-state index in [9.17, 15) is 4.79 Å². The molecule has 2 saturated heterocycles. The van der Waals surface area contributed by atoms with Crippen LogP contribution in [-0.4, -0.2) is 47.8 Å². The summed E-state index contributed by atoms with van der Waals surface area (Å²) in [5.74, 6) is 0.413. The maximum absolute atomic E-state index is 11.4. The van der Waals surface area contributed by atoms with Gasteiger partial charge in [0, 0.05) is 38.6 Å². The molecule has 1 aromatic carbocycles. The fraction of sp³-hybridized carbons (Fsp3) is 0.500. The first-order chi connectivity index (χ1) is 8.31. The highest BCUT2D eigenvalue weighted by atomic mass is 16.1. The Balaban J connectivity index is 1.61. The average Bonchev–Trinajstić information content (AvgIpc) is 2.70. The summed E-state index contributed by atoms with van der Waals surface area (Å²) in [5, 5.41) is 0. The van der Waals surface area contributed by atoms with Crippen molar-refractivity contribution in [1.82, 2.24) is 9.80 Å². The van der Waals surface area contributed by atoms with Crippen molar-refractivity contribution in [3.63, 3.8) is 0 Å². The van der Waals surface area contributed by atoms with Crippen LogP contribution < -0.4 is 0 Å². The number of benzene rings is 1. The van der Waals surface area contributed by atoms with Gasteiger partial charge in [0.2, 0.25) is 0 Å². The standard InChI is InChI=1S/C14H18N2O/c17-14-8-13-10-15(6-7-16(13)11-14)9-12-4-2-1-3-5-12/h1-5,13H,6-11H2. The normalized spacial score (nSPS) is 26.1. The summed E-state index contributed by atoms with van der Waals surface area (Å²) in [5.41, 5.74) is 1.37. The van der Waals surface area contributed by atoms with Crippen LogP contribution in [0.25, 0.3) is 0 Å². The Bertz CT molecular complexity index is 404. The molecule has 3 nitrogen and oxygen atoms in total. The van der Waals surface area contributed by atoms with Gasteiger partial charge in [-0.05, 0) is 5.56 Å². The minimum absolute atomic E-state index is 0.413. The zero-order valence-corrected chi connectivity index (χ0v) is 10.0. The SMILES string of the molecule is O=C1CC2CN(Cc3ccccc3)CCN2C1. The summed E-state index contributed by atoms with van der Waals surface area (Å²) in [6, 6.07) is 11.0. The third-order valence-corrected chi connectivity index (χ3v) is 3.78. The van der Waals surface area contributed by atoms with Crippen LogP contribution in [0, 0.1) is 0 Å². The molecule has 0 saturated carbocycles. The number of carbonyl (C=O) groups excluding carboxylic acids is 1. The van der Waals surface area contributed by atoms with E-state index in [1.54, 1.807) is 0 Å². The van der Waals surface area contributed by atoms with E-state index in [0.717, 1.165) is 32.6 Å². The fourth-order valence-corrected chi connectivity index (χ4v) is 2.90. The molecule has 0 bridgehead atoms. The highest BCUT2D eigenvalue weighted by Gasteiger charge is 2.34. The first-order valence-electron chi connectivity index (χ1n) is 6.33. The van der Waals surface area contributed by atoms with E-state index in [1.807, 2.05) is 0 Å². The first-order valence-corrected chi connectivity index (χ1v) is 6.33. The van der Waals surface area contributed by atoms with Crippen molar-refractivity contribution in [1.29, 1.82) is 0 Å². The molecule has 1 unspecified atom stereocenters. The minimum Gasteiger partial charge on any atom is -0.298 e. The molecule has 17 heavy (non-hydrogen) atoms. The van der Waals surface area contributed by atoms with Crippen molar-refractivity contribution in [2.75, 3.05) is 26.2 Å². The van der Waals surface area contributed by atoms with Gasteiger partial charge < -0.3 is 0 Å². The fourth-order valence-electron chi connectivity index (χ4n) is 2.90. The number of piperazine rings is 1. The molecule has 1 atom stereocenters. The van der Waals surface area contributed by atoms with Gasteiger partial charge in [0.1, 0.15) is 5.78 Å². The van der Waals surface area contributed by atoms with Crippen LogP contribution in [0.15, 0.2) is 30.3 Å². The molecule has 3 rings (SSSR count). The van der Waals surface area contributed by atoms with Gasteiger partial charge in [0.25, 0.3) is 0 Å². The highest BCUT2D eigenvalue weighted by Crippen LogP contribution is 2.20. The molecule has 2 aliphatic rings. The Morgan fingerprint density at radius 3 is 2.82 bits per heavy atom. The molecular weight excluding hydrogens is 212 g/mol. The summed E-state index contributed by atoms with van der Waals surface area (Å²) in [7, 11) is 0. The van der Waals surface area contributed by atoms with Crippen molar-refractivity contribution in [3.05, 3.63) is 35.9 Å². The van der Waals surface area contributed by atoms with E-state index in [0.29, 0.717) is 18.4 Å². The number of carbonyl (C=O) groups is 1. The van der Waals surface area contributed by atoms with Crippen molar-refractivity contribution in [3.8, 4) is 0 Å². The molecule has 2 heterocycles. The van der Waals surface area contributed by atoms with Gasteiger partial charge in [-0.2, -0.15) is 0 Å². The van der Waals surface area contributed by atoms with Crippen molar-refractivity contribution < 1.29 is 4.79 Å². The quantitative estimate of drug-likeness (QED) is 0.761.